The lowest BCUT2D eigenvalue weighted by molar-refractivity contribution is -0.386. The van der Waals surface area contributed by atoms with E-state index in [1.165, 1.54) is 13.0 Å². The summed E-state index contributed by atoms with van der Waals surface area (Å²) in [5, 5.41) is 19.5. The average molecular weight is 185 g/mol. The highest BCUT2D eigenvalue weighted by molar-refractivity contribution is 5.42. The van der Waals surface area contributed by atoms with Crippen LogP contribution in [0.3, 0.4) is 0 Å². The second-order valence-corrected chi connectivity index (χ2v) is 2.61. The van der Waals surface area contributed by atoms with Crippen LogP contribution in [0.4, 0.5) is 10.1 Å². The minimum Gasteiger partial charge on any atom is -0.388 e. The van der Waals surface area contributed by atoms with Gasteiger partial charge in [0.05, 0.1) is 16.6 Å². The van der Waals surface area contributed by atoms with Crippen molar-refractivity contribution in [1.82, 2.24) is 0 Å². The molecular weight excluding hydrogens is 177 g/mol. The van der Waals surface area contributed by atoms with E-state index in [0.717, 1.165) is 12.1 Å². The van der Waals surface area contributed by atoms with Gasteiger partial charge in [0, 0.05) is 6.07 Å². The maximum Gasteiger partial charge on any atom is 0.278 e. The van der Waals surface area contributed by atoms with E-state index in [-0.39, 0.29) is 5.56 Å². The number of aliphatic hydroxyl groups excluding tert-OH is 1. The summed E-state index contributed by atoms with van der Waals surface area (Å²) in [5.41, 5.74) is -0.664. The molecule has 70 valence electrons. The standard InChI is InChI=1S/C8H8FNO3/c1-5(11)8-6(9)3-2-4-7(8)10(12)13/h2-5,11H,1H3/t5-/m0/s1. The number of hydrogen-bond acceptors (Lipinski definition) is 3. The van der Waals surface area contributed by atoms with E-state index in [1.54, 1.807) is 0 Å². The zero-order chi connectivity index (χ0) is 10.0. The highest BCUT2D eigenvalue weighted by Gasteiger charge is 2.20. The lowest BCUT2D eigenvalue weighted by Crippen LogP contribution is -2.01. The first-order valence-corrected chi connectivity index (χ1v) is 3.65. The topological polar surface area (TPSA) is 63.4 Å². The van der Waals surface area contributed by atoms with Gasteiger partial charge in [-0.25, -0.2) is 4.39 Å². The van der Waals surface area contributed by atoms with Gasteiger partial charge in [-0.2, -0.15) is 0 Å². The van der Waals surface area contributed by atoms with E-state index in [4.69, 9.17) is 5.11 Å². The Hall–Kier alpha value is -1.49. The molecule has 1 atom stereocenters. The molecule has 1 N–H and O–H groups in total. The fourth-order valence-corrected chi connectivity index (χ4v) is 1.10. The fourth-order valence-electron chi connectivity index (χ4n) is 1.10. The summed E-state index contributed by atoms with van der Waals surface area (Å²) in [6.07, 6.45) is -1.18. The number of hydrogen-bond donors (Lipinski definition) is 1. The molecule has 1 aromatic carbocycles. The van der Waals surface area contributed by atoms with E-state index in [2.05, 4.69) is 0 Å². The molecule has 0 aromatic heterocycles. The van der Waals surface area contributed by atoms with Crippen LogP contribution < -0.4 is 0 Å². The third kappa shape index (κ3) is 1.81. The summed E-state index contributed by atoms with van der Waals surface area (Å²) < 4.78 is 13.0. The highest BCUT2D eigenvalue weighted by Crippen LogP contribution is 2.26. The van der Waals surface area contributed by atoms with Crippen molar-refractivity contribution in [3.63, 3.8) is 0 Å². The molecule has 0 fully saturated rings. The van der Waals surface area contributed by atoms with Crippen LogP contribution in [0.1, 0.15) is 18.6 Å². The lowest BCUT2D eigenvalue weighted by Gasteiger charge is -2.05. The molecule has 0 amide bonds. The molecule has 1 rings (SSSR count). The first-order chi connectivity index (χ1) is 6.04. The SMILES string of the molecule is C[C@H](O)c1c(F)cccc1[N+](=O)[O-]. The monoisotopic (exact) mass is 185 g/mol. The maximum atomic E-state index is 13.0. The van der Waals surface area contributed by atoms with Crippen LogP contribution in [-0.4, -0.2) is 10.0 Å². The smallest absolute Gasteiger partial charge is 0.278 e. The summed E-state index contributed by atoms with van der Waals surface area (Å²) >= 11 is 0. The van der Waals surface area contributed by atoms with Gasteiger partial charge < -0.3 is 5.11 Å². The van der Waals surface area contributed by atoms with Crippen LogP contribution in [0.25, 0.3) is 0 Å². The normalized spacial score (nSPS) is 12.5. The first kappa shape index (κ1) is 9.60. The lowest BCUT2D eigenvalue weighted by atomic mass is 10.1. The molecule has 13 heavy (non-hydrogen) atoms. The predicted octanol–water partition coefficient (Wildman–Crippen LogP) is 1.79. The molecule has 1 aromatic rings. The van der Waals surface area contributed by atoms with Crippen LogP contribution >= 0.6 is 0 Å². The summed E-state index contributed by atoms with van der Waals surface area (Å²) in [6.45, 7) is 1.28. The van der Waals surface area contributed by atoms with Crippen LogP contribution in [0.2, 0.25) is 0 Å². The molecule has 0 aliphatic carbocycles. The summed E-state index contributed by atoms with van der Waals surface area (Å²) in [7, 11) is 0. The van der Waals surface area contributed by atoms with Crippen LogP contribution in [-0.2, 0) is 0 Å². The van der Waals surface area contributed by atoms with Crippen LogP contribution in [0.15, 0.2) is 18.2 Å². The van der Waals surface area contributed by atoms with Crippen molar-refractivity contribution in [2.24, 2.45) is 0 Å². The number of nitro groups is 1. The third-order valence-corrected chi connectivity index (χ3v) is 1.64. The predicted molar refractivity (Wildman–Crippen MR) is 43.7 cm³/mol. The number of nitro benzene ring substituents is 1. The fraction of sp³-hybridized carbons (Fsp3) is 0.250. The second-order valence-electron chi connectivity index (χ2n) is 2.61. The highest BCUT2D eigenvalue weighted by atomic mass is 19.1. The van der Waals surface area contributed by atoms with Gasteiger partial charge in [0.1, 0.15) is 5.82 Å². The molecule has 0 bridgehead atoms. The van der Waals surface area contributed by atoms with Gasteiger partial charge in [-0.1, -0.05) is 6.07 Å². The zero-order valence-electron chi connectivity index (χ0n) is 6.90. The Morgan fingerprint density at radius 3 is 2.62 bits per heavy atom. The number of rotatable bonds is 2. The van der Waals surface area contributed by atoms with E-state index >= 15 is 0 Å². The Labute approximate surface area is 73.8 Å². The molecule has 0 saturated heterocycles. The molecule has 0 saturated carbocycles. The Kier molecular flexibility index (Phi) is 2.57. The van der Waals surface area contributed by atoms with Gasteiger partial charge in [-0.05, 0) is 13.0 Å². The molecule has 0 radical (unpaired) electrons. The number of nitrogens with zero attached hydrogens (tertiary/aromatic N) is 1. The van der Waals surface area contributed by atoms with Gasteiger partial charge in [0.2, 0.25) is 0 Å². The van der Waals surface area contributed by atoms with Gasteiger partial charge in [0.15, 0.2) is 0 Å². The Bertz CT molecular complexity index is 338. The van der Waals surface area contributed by atoms with Gasteiger partial charge in [-0.3, -0.25) is 10.1 Å². The van der Waals surface area contributed by atoms with Crippen molar-refractivity contribution >= 4 is 5.69 Å². The molecule has 0 spiro atoms. The minimum atomic E-state index is -1.18. The number of halogens is 1. The van der Waals surface area contributed by atoms with Crippen molar-refractivity contribution in [3.05, 3.63) is 39.7 Å². The molecule has 4 nitrogen and oxygen atoms in total. The molecule has 0 unspecified atom stereocenters. The van der Waals surface area contributed by atoms with Crippen molar-refractivity contribution in [2.45, 2.75) is 13.0 Å². The van der Waals surface area contributed by atoms with E-state index in [9.17, 15) is 14.5 Å². The first-order valence-electron chi connectivity index (χ1n) is 3.65. The van der Waals surface area contributed by atoms with Crippen molar-refractivity contribution < 1.29 is 14.4 Å². The number of aliphatic hydroxyl groups is 1. The molecule has 0 aliphatic rings. The van der Waals surface area contributed by atoms with Crippen LogP contribution in [0, 0.1) is 15.9 Å². The second kappa shape index (κ2) is 3.49. The molecule has 0 aliphatic heterocycles. The quantitative estimate of drug-likeness (QED) is 0.564. The van der Waals surface area contributed by atoms with Gasteiger partial charge in [-0.15, -0.1) is 0 Å². The van der Waals surface area contributed by atoms with Gasteiger partial charge >= 0.3 is 0 Å². The maximum absolute atomic E-state index is 13.0. The largest absolute Gasteiger partial charge is 0.388 e. The Morgan fingerprint density at radius 1 is 1.62 bits per heavy atom. The third-order valence-electron chi connectivity index (χ3n) is 1.64. The van der Waals surface area contributed by atoms with Crippen molar-refractivity contribution in [1.29, 1.82) is 0 Å². The van der Waals surface area contributed by atoms with E-state index in [0.29, 0.717) is 0 Å². The summed E-state index contributed by atoms with van der Waals surface area (Å²) in [4.78, 5) is 9.69. The van der Waals surface area contributed by atoms with Gasteiger partial charge in [0.25, 0.3) is 5.69 Å². The Morgan fingerprint density at radius 2 is 2.23 bits per heavy atom. The Balaban J connectivity index is 3.34. The molecule has 5 heteroatoms. The van der Waals surface area contributed by atoms with Crippen LogP contribution in [0.5, 0.6) is 0 Å². The molecule has 0 heterocycles. The minimum absolute atomic E-state index is 0.271. The number of benzene rings is 1. The average Bonchev–Trinajstić information content (AvgIpc) is 2.02. The zero-order valence-corrected chi connectivity index (χ0v) is 6.90. The van der Waals surface area contributed by atoms with E-state index in [1.807, 2.05) is 0 Å². The molecular formula is C8H8FNO3. The van der Waals surface area contributed by atoms with E-state index < -0.39 is 22.5 Å². The van der Waals surface area contributed by atoms with Crippen molar-refractivity contribution in [3.8, 4) is 0 Å². The van der Waals surface area contributed by atoms with Crippen molar-refractivity contribution in [2.75, 3.05) is 0 Å². The summed E-state index contributed by atoms with van der Waals surface area (Å²) in [6, 6.07) is 3.47. The summed E-state index contributed by atoms with van der Waals surface area (Å²) in [5.74, 6) is -0.760.